The molecule has 0 bridgehead atoms. The third-order valence-corrected chi connectivity index (χ3v) is 2.78. The fraction of sp³-hybridized carbons (Fsp3) is 0.0769. The molecule has 1 aromatic carbocycles. The van der Waals surface area contributed by atoms with Gasteiger partial charge in [0, 0.05) is 11.1 Å². The summed E-state index contributed by atoms with van der Waals surface area (Å²) in [6.07, 6.45) is 3.49. The summed E-state index contributed by atoms with van der Waals surface area (Å²) in [5, 5.41) is 4.33. The van der Waals surface area contributed by atoms with Gasteiger partial charge in [0.2, 0.25) is 0 Å². The number of hydrogen-bond donors (Lipinski definition) is 1. The second-order valence-corrected chi connectivity index (χ2v) is 3.99. The first-order chi connectivity index (χ1) is 8.27. The van der Waals surface area contributed by atoms with Gasteiger partial charge in [-0.15, -0.1) is 0 Å². The Labute approximate surface area is 98.7 Å². The van der Waals surface area contributed by atoms with E-state index in [2.05, 4.69) is 10.1 Å². The summed E-state index contributed by atoms with van der Waals surface area (Å²) in [4.78, 5) is 4.30. The first-order valence-corrected chi connectivity index (χ1v) is 5.41. The fourth-order valence-corrected chi connectivity index (χ4v) is 1.94. The molecule has 0 saturated carbocycles. The average Bonchev–Trinajstić information content (AvgIpc) is 2.72. The van der Waals surface area contributed by atoms with Gasteiger partial charge in [-0.25, -0.2) is 9.50 Å². The fourth-order valence-electron chi connectivity index (χ4n) is 1.94. The topological polar surface area (TPSA) is 56.2 Å². The van der Waals surface area contributed by atoms with Gasteiger partial charge in [0.15, 0.2) is 5.65 Å². The number of benzene rings is 1. The van der Waals surface area contributed by atoms with Crippen molar-refractivity contribution in [1.29, 1.82) is 0 Å². The van der Waals surface area contributed by atoms with Crippen LogP contribution in [-0.4, -0.2) is 14.6 Å². The van der Waals surface area contributed by atoms with Crippen LogP contribution in [0.2, 0.25) is 0 Å². The molecule has 0 atom stereocenters. The SMILES string of the molecule is Cc1cnn2c(-c3ccccc3)c(N)cnc12. The van der Waals surface area contributed by atoms with Crippen molar-refractivity contribution in [1.82, 2.24) is 14.6 Å². The van der Waals surface area contributed by atoms with Crippen LogP contribution in [0.25, 0.3) is 16.9 Å². The minimum atomic E-state index is 0.631. The lowest BCUT2D eigenvalue weighted by molar-refractivity contribution is 0.950. The third-order valence-electron chi connectivity index (χ3n) is 2.78. The van der Waals surface area contributed by atoms with Crippen LogP contribution in [0.5, 0.6) is 0 Å². The molecular weight excluding hydrogens is 212 g/mol. The monoisotopic (exact) mass is 224 g/mol. The van der Waals surface area contributed by atoms with E-state index in [9.17, 15) is 0 Å². The summed E-state index contributed by atoms with van der Waals surface area (Å²) >= 11 is 0. The third kappa shape index (κ3) is 1.45. The Kier molecular flexibility index (Phi) is 2.08. The number of hydrogen-bond acceptors (Lipinski definition) is 3. The number of fused-ring (bicyclic) bond motifs is 1. The zero-order valence-corrected chi connectivity index (χ0v) is 9.46. The van der Waals surface area contributed by atoms with Crippen LogP contribution in [0.15, 0.2) is 42.7 Å². The molecule has 4 heteroatoms. The van der Waals surface area contributed by atoms with Crippen molar-refractivity contribution in [2.24, 2.45) is 0 Å². The first-order valence-electron chi connectivity index (χ1n) is 5.41. The van der Waals surface area contributed by atoms with E-state index < -0.39 is 0 Å². The number of nitrogens with zero attached hydrogens (tertiary/aromatic N) is 3. The molecule has 0 radical (unpaired) electrons. The second kappa shape index (κ2) is 3.59. The van der Waals surface area contributed by atoms with Crippen molar-refractivity contribution in [3.8, 4) is 11.3 Å². The van der Waals surface area contributed by atoms with Gasteiger partial charge >= 0.3 is 0 Å². The van der Waals surface area contributed by atoms with Gasteiger partial charge < -0.3 is 5.73 Å². The Balaban J connectivity index is 2.39. The molecule has 2 N–H and O–H groups in total. The van der Waals surface area contributed by atoms with E-state index in [0.29, 0.717) is 5.69 Å². The Hall–Kier alpha value is -2.36. The average molecular weight is 224 g/mol. The van der Waals surface area contributed by atoms with E-state index in [1.54, 1.807) is 16.9 Å². The van der Waals surface area contributed by atoms with Gasteiger partial charge in [-0.05, 0) is 6.92 Å². The van der Waals surface area contributed by atoms with Crippen LogP contribution in [0.1, 0.15) is 5.56 Å². The molecule has 3 rings (SSSR count). The molecule has 2 aromatic heterocycles. The maximum atomic E-state index is 6.00. The number of aryl methyl sites for hydroxylation is 1. The van der Waals surface area contributed by atoms with E-state index in [4.69, 9.17) is 5.73 Å². The molecule has 4 nitrogen and oxygen atoms in total. The van der Waals surface area contributed by atoms with Crippen LogP contribution >= 0.6 is 0 Å². The zero-order chi connectivity index (χ0) is 11.8. The van der Waals surface area contributed by atoms with Gasteiger partial charge in [-0.2, -0.15) is 5.10 Å². The number of rotatable bonds is 1. The maximum absolute atomic E-state index is 6.00. The van der Waals surface area contributed by atoms with Gasteiger partial charge in [-0.3, -0.25) is 0 Å². The molecule has 0 saturated heterocycles. The van der Waals surface area contributed by atoms with E-state index in [1.807, 2.05) is 37.3 Å². The van der Waals surface area contributed by atoms with Gasteiger partial charge in [0.25, 0.3) is 0 Å². The van der Waals surface area contributed by atoms with Gasteiger partial charge in [0.05, 0.1) is 23.8 Å². The van der Waals surface area contributed by atoms with Crippen LogP contribution in [0.3, 0.4) is 0 Å². The standard InChI is InChI=1S/C13H12N4/c1-9-7-16-17-12(10-5-3-2-4-6-10)11(14)8-15-13(9)17/h2-8H,14H2,1H3. The summed E-state index contributed by atoms with van der Waals surface area (Å²) in [6.45, 7) is 1.99. The molecule has 0 aliphatic carbocycles. The smallest absolute Gasteiger partial charge is 0.158 e. The van der Waals surface area contributed by atoms with Crippen LogP contribution in [-0.2, 0) is 0 Å². The predicted molar refractivity (Wildman–Crippen MR) is 67.6 cm³/mol. The molecule has 3 aromatic rings. The normalized spacial score (nSPS) is 10.9. The summed E-state index contributed by atoms with van der Waals surface area (Å²) in [7, 11) is 0. The Morgan fingerprint density at radius 1 is 1.12 bits per heavy atom. The molecule has 0 fully saturated rings. The molecule has 0 aliphatic rings. The number of nitrogen functional groups attached to an aromatic ring is 1. The second-order valence-electron chi connectivity index (χ2n) is 3.99. The molecule has 17 heavy (non-hydrogen) atoms. The molecule has 0 unspecified atom stereocenters. The molecule has 2 heterocycles. The summed E-state index contributed by atoms with van der Waals surface area (Å²) < 4.78 is 1.79. The lowest BCUT2D eigenvalue weighted by Gasteiger charge is -2.07. The van der Waals surface area contributed by atoms with Crippen molar-refractivity contribution in [3.05, 3.63) is 48.3 Å². The largest absolute Gasteiger partial charge is 0.396 e. The Morgan fingerprint density at radius 3 is 2.65 bits per heavy atom. The van der Waals surface area contributed by atoms with Crippen molar-refractivity contribution < 1.29 is 0 Å². The van der Waals surface area contributed by atoms with Crippen molar-refractivity contribution in [2.75, 3.05) is 5.73 Å². The van der Waals surface area contributed by atoms with Crippen LogP contribution in [0.4, 0.5) is 5.69 Å². The predicted octanol–water partition coefficient (Wildman–Crippen LogP) is 2.29. The Morgan fingerprint density at radius 2 is 1.88 bits per heavy atom. The van der Waals surface area contributed by atoms with Gasteiger partial charge in [-0.1, -0.05) is 30.3 Å². The van der Waals surface area contributed by atoms with E-state index >= 15 is 0 Å². The summed E-state index contributed by atoms with van der Waals surface area (Å²) in [6, 6.07) is 9.98. The molecule has 0 amide bonds. The van der Waals surface area contributed by atoms with Crippen molar-refractivity contribution in [3.63, 3.8) is 0 Å². The maximum Gasteiger partial charge on any atom is 0.158 e. The highest BCUT2D eigenvalue weighted by molar-refractivity contribution is 5.74. The highest BCUT2D eigenvalue weighted by Crippen LogP contribution is 2.25. The minimum Gasteiger partial charge on any atom is -0.396 e. The van der Waals surface area contributed by atoms with E-state index in [-0.39, 0.29) is 0 Å². The summed E-state index contributed by atoms with van der Waals surface area (Å²) in [5.41, 5.74) is 10.5. The highest BCUT2D eigenvalue weighted by atomic mass is 15.3. The summed E-state index contributed by atoms with van der Waals surface area (Å²) in [5.74, 6) is 0. The lowest BCUT2D eigenvalue weighted by atomic mass is 10.1. The minimum absolute atomic E-state index is 0.631. The quantitative estimate of drug-likeness (QED) is 0.690. The van der Waals surface area contributed by atoms with Crippen molar-refractivity contribution >= 4 is 11.3 Å². The van der Waals surface area contributed by atoms with Crippen LogP contribution in [0, 0.1) is 6.92 Å². The van der Waals surface area contributed by atoms with Gasteiger partial charge in [0.1, 0.15) is 0 Å². The highest BCUT2D eigenvalue weighted by Gasteiger charge is 2.10. The number of nitrogens with two attached hydrogens (primary N) is 1. The molecule has 84 valence electrons. The lowest BCUT2D eigenvalue weighted by Crippen LogP contribution is -2.01. The molecule has 0 aliphatic heterocycles. The van der Waals surface area contributed by atoms with Crippen LogP contribution < -0.4 is 5.73 Å². The van der Waals surface area contributed by atoms with E-state index in [0.717, 1.165) is 22.5 Å². The molecule has 0 spiro atoms. The number of aromatic nitrogens is 3. The zero-order valence-electron chi connectivity index (χ0n) is 9.46. The Bertz CT molecular complexity index is 670. The van der Waals surface area contributed by atoms with Crippen molar-refractivity contribution in [2.45, 2.75) is 6.92 Å². The molecular formula is C13H12N4. The van der Waals surface area contributed by atoms with E-state index in [1.165, 1.54) is 0 Å². The number of anilines is 1. The first kappa shape index (κ1) is 9.84.